The predicted molar refractivity (Wildman–Crippen MR) is 134 cm³/mol. The second-order valence-electron chi connectivity index (χ2n) is 8.11. The van der Waals surface area contributed by atoms with Gasteiger partial charge < -0.3 is 5.32 Å². The Morgan fingerprint density at radius 1 is 0.912 bits per heavy atom. The third-order valence-corrected chi connectivity index (χ3v) is 6.90. The van der Waals surface area contributed by atoms with Gasteiger partial charge in [0.2, 0.25) is 5.91 Å². The minimum Gasteiger partial charge on any atom is -0.326 e. The summed E-state index contributed by atoms with van der Waals surface area (Å²) < 4.78 is 29.7. The Balaban J connectivity index is 1.33. The standard InChI is InChI=1S/C26H26N4O3S/c1-19-8-10-23(16-20(19)2)29-34(32,33)25-13-11-22(12-14-25)28-26(31)15-9-21-17-27-30(18-21)24-6-4-3-5-7-24/h3-8,10-14,16-18,29H,9,15H2,1-2H3,(H,28,31). The molecule has 0 aliphatic rings. The van der Waals surface area contributed by atoms with Crippen LogP contribution in [0, 0.1) is 13.8 Å². The number of amides is 1. The lowest BCUT2D eigenvalue weighted by atomic mass is 10.1. The molecule has 7 nitrogen and oxygen atoms in total. The summed E-state index contributed by atoms with van der Waals surface area (Å²) in [5.41, 5.74) is 5.06. The zero-order valence-corrected chi connectivity index (χ0v) is 19.8. The van der Waals surface area contributed by atoms with Crippen LogP contribution >= 0.6 is 0 Å². The van der Waals surface area contributed by atoms with Crippen molar-refractivity contribution in [3.05, 3.63) is 102 Å². The molecule has 0 saturated heterocycles. The first-order valence-corrected chi connectivity index (χ1v) is 12.4. The Morgan fingerprint density at radius 2 is 1.62 bits per heavy atom. The Kier molecular flexibility index (Phi) is 6.79. The summed E-state index contributed by atoms with van der Waals surface area (Å²) in [4.78, 5) is 12.5. The second-order valence-corrected chi connectivity index (χ2v) is 9.79. The molecule has 0 atom stereocenters. The zero-order valence-electron chi connectivity index (χ0n) is 19.0. The molecule has 34 heavy (non-hydrogen) atoms. The van der Waals surface area contributed by atoms with Crippen LogP contribution in [-0.2, 0) is 21.2 Å². The van der Waals surface area contributed by atoms with Crippen LogP contribution in [0.5, 0.6) is 0 Å². The molecule has 0 aliphatic carbocycles. The molecule has 3 aromatic carbocycles. The van der Waals surface area contributed by atoms with Crippen molar-refractivity contribution in [1.82, 2.24) is 9.78 Å². The van der Waals surface area contributed by atoms with Gasteiger partial charge in [0.25, 0.3) is 10.0 Å². The number of sulfonamides is 1. The molecule has 2 N–H and O–H groups in total. The van der Waals surface area contributed by atoms with Gasteiger partial charge in [-0.25, -0.2) is 13.1 Å². The van der Waals surface area contributed by atoms with Crippen molar-refractivity contribution in [3.63, 3.8) is 0 Å². The minimum absolute atomic E-state index is 0.122. The average Bonchev–Trinajstić information content (AvgIpc) is 3.30. The van der Waals surface area contributed by atoms with E-state index in [1.54, 1.807) is 35.1 Å². The Morgan fingerprint density at radius 3 is 2.32 bits per heavy atom. The van der Waals surface area contributed by atoms with Crippen LogP contribution in [0.4, 0.5) is 11.4 Å². The predicted octanol–water partition coefficient (Wildman–Crippen LogP) is 4.86. The van der Waals surface area contributed by atoms with E-state index in [2.05, 4.69) is 15.1 Å². The highest BCUT2D eigenvalue weighted by molar-refractivity contribution is 7.92. The van der Waals surface area contributed by atoms with Gasteiger partial charge >= 0.3 is 0 Å². The molecule has 0 fully saturated rings. The number of aromatic nitrogens is 2. The maximum atomic E-state index is 12.7. The van der Waals surface area contributed by atoms with Gasteiger partial charge in [-0.05, 0) is 85.5 Å². The second kappa shape index (κ2) is 9.93. The van der Waals surface area contributed by atoms with E-state index in [4.69, 9.17) is 0 Å². The lowest BCUT2D eigenvalue weighted by Crippen LogP contribution is -2.14. The summed E-state index contributed by atoms with van der Waals surface area (Å²) in [7, 11) is -3.73. The van der Waals surface area contributed by atoms with Gasteiger partial charge in [-0.3, -0.25) is 9.52 Å². The number of hydrogen-bond donors (Lipinski definition) is 2. The van der Waals surface area contributed by atoms with Crippen molar-refractivity contribution in [2.45, 2.75) is 31.6 Å². The van der Waals surface area contributed by atoms with Gasteiger partial charge in [0, 0.05) is 24.0 Å². The molecule has 174 valence electrons. The summed E-state index contributed by atoms with van der Waals surface area (Å²) >= 11 is 0. The number of benzene rings is 3. The molecular weight excluding hydrogens is 448 g/mol. The molecule has 1 amide bonds. The Hall–Kier alpha value is -3.91. The number of nitrogens with zero attached hydrogens (tertiary/aromatic N) is 2. The fraction of sp³-hybridized carbons (Fsp3) is 0.154. The molecule has 4 aromatic rings. The summed E-state index contributed by atoms with van der Waals surface area (Å²) in [6, 6.07) is 21.3. The molecule has 0 unspecified atom stereocenters. The van der Waals surface area contributed by atoms with E-state index in [-0.39, 0.29) is 17.2 Å². The number of nitrogens with one attached hydrogen (secondary N) is 2. The molecule has 0 aliphatic heterocycles. The monoisotopic (exact) mass is 474 g/mol. The van der Waals surface area contributed by atoms with Crippen LogP contribution in [0.2, 0.25) is 0 Å². The maximum Gasteiger partial charge on any atom is 0.261 e. The molecule has 0 radical (unpaired) electrons. The van der Waals surface area contributed by atoms with E-state index in [0.29, 0.717) is 17.8 Å². The van der Waals surface area contributed by atoms with E-state index in [0.717, 1.165) is 22.4 Å². The van der Waals surface area contributed by atoms with Gasteiger partial charge in [0.05, 0.1) is 16.8 Å². The lowest BCUT2D eigenvalue weighted by Gasteiger charge is -2.11. The molecule has 0 saturated carbocycles. The highest BCUT2D eigenvalue weighted by Gasteiger charge is 2.15. The van der Waals surface area contributed by atoms with Crippen molar-refractivity contribution in [2.75, 3.05) is 10.0 Å². The normalized spacial score (nSPS) is 11.2. The van der Waals surface area contributed by atoms with Crippen LogP contribution in [0.3, 0.4) is 0 Å². The number of carbonyl (C=O) groups excluding carboxylic acids is 1. The SMILES string of the molecule is Cc1ccc(NS(=O)(=O)c2ccc(NC(=O)CCc3cnn(-c4ccccc4)c3)cc2)cc1C. The number of aryl methyl sites for hydroxylation is 3. The van der Waals surface area contributed by atoms with Gasteiger partial charge in [-0.2, -0.15) is 5.10 Å². The summed E-state index contributed by atoms with van der Waals surface area (Å²) in [6.07, 6.45) is 4.49. The zero-order chi connectivity index (χ0) is 24.1. The van der Waals surface area contributed by atoms with E-state index in [1.807, 2.05) is 56.4 Å². The lowest BCUT2D eigenvalue weighted by molar-refractivity contribution is -0.116. The first kappa shape index (κ1) is 23.3. The molecule has 0 bridgehead atoms. The van der Waals surface area contributed by atoms with Crippen molar-refractivity contribution >= 4 is 27.3 Å². The highest BCUT2D eigenvalue weighted by Crippen LogP contribution is 2.20. The summed E-state index contributed by atoms with van der Waals surface area (Å²) in [5.74, 6) is -0.156. The summed E-state index contributed by atoms with van der Waals surface area (Å²) in [6.45, 7) is 3.90. The van der Waals surface area contributed by atoms with Gasteiger partial charge in [-0.15, -0.1) is 0 Å². The highest BCUT2D eigenvalue weighted by atomic mass is 32.2. The first-order valence-electron chi connectivity index (χ1n) is 10.9. The number of hydrogen-bond acceptors (Lipinski definition) is 4. The number of anilines is 2. The van der Waals surface area contributed by atoms with Gasteiger partial charge in [0.15, 0.2) is 0 Å². The molecule has 1 aromatic heterocycles. The molecule has 8 heteroatoms. The number of para-hydroxylation sites is 1. The third-order valence-electron chi connectivity index (χ3n) is 5.51. The van der Waals surface area contributed by atoms with Crippen molar-refractivity contribution < 1.29 is 13.2 Å². The van der Waals surface area contributed by atoms with E-state index >= 15 is 0 Å². The van der Waals surface area contributed by atoms with Crippen LogP contribution in [0.15, 0.2) is 90.1 Å². The number of rotatable bonds is 8. The van der Waals surface area contributed by atoms with E-state index in [9.17, 15) is 13.2 Å². The maximum absolute atomic E-state index is 12.7. The first-order chi connectivity index (χ1) is 16.3. The number of carbonyl (C=O) groups is 1. The fourth-order valence-corrected chi connectivity index (χ4v) is 4.48. The third kappa shape index (κ3) is 5.71. The molecule has 1 heterocycles. The molecular formula is C26H26N4O3S. The largest absolute Gasteiger partial charge is 0.326 e. The van der Waals surface area contributed by atoms with E-state index < -0.39 is 10.0 Å². The topological polar surface area (TPSA) is 93.1 Å². The average molecular weight is 475 g/mol. The van der Waals surface area contributed by atoms with Crippen molar-refractivity contribution in [2.24, 2.45) is 0 Å². The minimum atomic E-state index is -3.73. The Bertz CT molecular complexity index is 1400. The quantitative estimate of drug-likeness (QED) is 0.381. The molecule has 0 spiro atoms. The van der Waals surface area contributed by atoms with Crippen LogP contribution < -0.4 is 10.0 Å². The summed E-state index contributed by atoms with van der Waals surface area (Å²) in [5, 5.41) is 7.15. The van der Waals surface area contributed by atoms with Crippen LogP contribution in [0.25, 0.3) is 5.69 Å². The van der Waals surface area contributed by atoms with Crippen molar-refractivity contribution in [3.8, 4) is 5.69 Å². The fourth-order valence-electron chi connectivity index (χ4n) is 3.43. The smallest absolute Gasteiger partial charge is 0.261 e. The van der Waals surface area contributed by atoms with Crippen molar-refractivity contribution in [1.29, 1.82) is 0 Å². The Labute approximate surface area is 199 Å². The van der Waals surface area contributed by atoms with Crippen LogP contribution in [0.1, 0.15) is 23.1 Å². The van der Waals surface area contributed by atoms with Gasteiger partial charge in [0.1, 0.15) is 0 Å². The van der Waals surface area contributed by atoms with E-state index in [1.165, 1.54) is 12.1 Å². The van der Waals surface area contributed by atoms with Gasteiger partial charge in [-0.1, -0.05) is 24.3 Å². The van der Waals surface area contributed by atoms with Crippen LogP contribution in [-0.4, -0.2) is 24.1 Å². The molecule has 4 rings (SSSR count).